The number of ether oxygens (including phenoxy) is 2. The molecule has 0 N–H and O–H groups in total. The largest absolute Gasteiger partial charge is 0.495 e. The first-order valence-electron chi connectivity index (χ1n) is 10.6. The van der Waals surface area contributed by atoms with E-state index in [2.05, 4.69) is 19.9 Å². The number of benzene rings is 2. The van der Waals surface area contributed by atoms with Crippen molar-refractivity contribution in [3.05, 3.63) is 77.6 Å². The summed E-state index contributed by atoms with van der Waals surface area (Å²) in [7, 11) is 5.01. The van der Waals surface area contributed by atoms with Gasteiger partial charge < -0.3 is 18.9 Å². The molecule has 0 aliphatic rings. The first kappa shape index (κ1) is 24.0. The lowest BCUT2D eigenvalue weighted by Crippen LogP contribution is -2.16. The third kappa shape index (κ3) is 5.51. The maximum Gasteiger partial charge on any atom is 0.419 e. The highest BCUT2D eigenvalue weighted by atomic mass is 19.4. The maximum atomic E-state index is 13.4. The molecule has 2 aromatic heterocycles. The highest BCUT2D eigenvalue weighted by Crippen LogP contribution is 2.37. The second kappa shape index (κ2) is 9.61. The number of hydrogen-bond donors (Lipinski definition) is 0. The Balaban J connectivity index is 1.66. The van der Waals surface area contributed by atoms with E-state index in [0.717, 1.165) is 23.0 Å². The molecule has 0 bridgehead atoms. The predicted octanol–water partition coefficient (Wildman–Crippen LogP) is 4.84. The van der Waals surface area contributed by atoms with Crippen molar-refractivity contribution >= 4 is 5.95 Å². The van der Waals surface area contributed by atoms with Gasteiger partial charge in [0.2, 0.25) is 5.95 Å². The van der Waals surface area contributed by atoms with Crippen LogP contribution < -0.4 is 14.4 Å². The van der Waals surface area contributed by atoms with Gasteiger partial charge in [0.25, 0.3) is 0 Å². The molecule has 4 aromatic rings. The van der Waals surface area contributed by atoms with Crippen molar-refractivity contribution in [2.24, 2.45) is 0 Å². The summed E-state index contributed by atoms with van der Waals surface area (Å²) in [4.78, 5) is 18.7. The predicted molar refractivity (Wildman–Crippen MR) is 123 cm³/mol. The minimum atomic E-state index is -4.58. The molecule has 0 saturated heterocycles. The van der Waals surface area contributed by atoms with Crippen LogP contribution in [0.5, 0.6) is 17.5 Å². The number of para-hydroxylation sites is 1. The minimum Gasteiger partial charge on any atom is -0.495 e. The number of rotatable bonds is 7. The van der Waals surface area contributed by atoms with E-state index >= 15 is 0 Å². The Morgan fingerprint density at radius 1 is 1.00 bits per heavy atom. The van der Waals surface area contributed by atoms with Crippen LogP contribution in [0.1, 0.15) is 22.6 Å². The molecular weight excluding hydrogens is 461 g/mol. The van der Waals surface area contributed by atoms with Gasteiger partial charge in [0.15, 0.2) is 0 Å². The number of aromatic nitrogens is 5. The third-order valence-corrected chi connectivity index (χ3v) is 5.04. The number of aryl methyl sites for hydroxylation is 1. The smallest absolute Gasteiger partial charge is 0.419 e. The van der Waals surface area contributed by atoms with Crippen molar-refractivity contribution in [2.75, 3.05) is 26.1 Å². The number of hydrogen-bond acceptors (Lipinski definition) is 7. The van der Waals surface area contributed by atoms with Crippen molar-refractivity contribution < 1.29 is 22.6 Å². The number of alkyl halides is 3. The molecule has 0 amide bonds. The zero-order valence-corrected chi connectivity index (χ0v) is 19.5. The lowest BCUT2D eigenvalue weighted by molar-refractivity contribution is -0.138. The summed E-state index contributed by atoms with van der Waals surface area (Å²) in [6, 6.07) is 10.3. The number of imidazole rings is 1. The van der Waals surface area contributed by atoms with Gasteiger partial charge in [-0.25, -0.2) is 4.98 Å². The van der Waals surface area contributed by atoms with E-state index in [0.29, 0.717) is 11.6 Å². The summed E-state index contributed by atoms with van der Waals surface area (Å²) in [5.41, 5.74) is 1.61. The summed E-state index contributed by atoms with van der Waals surface area (Å²) in [6.45, 7) is 1.90. The number of methoxy groups -OCH3 is 1. The van der Waals surface area contributed by atoms with Gasteiger partial charge in [-0.3, -0.25) is 0 Å². The molecule has 2 heterocycles. The van der Waals surface area contributed by atoms with E-state index < -0.39 is 11.7 Å². The Hall–Kier alpha value is -4.15. The monoisotopic (exact) mass is 484 g/mol. The number of anilines is 1. The van der Waals surface area contributed by atoms with Crippen LogP contribution in [0, 0.1) is 6.92 Å². The highest BCUT2D eigenvalue weighted by molar-refractivity contribution is 5.49. The fourth-order valence-corrected chi connectivity index (χ4v) is 3.38. The number of nitrogens with zero attached hydrogens (tertiary/aromatic N) is 6. The molecule has 0 saturated carbocycles. The molecular formula is C24H23F3N6O2. The molecule has 11 heteroatoms. The summed E-state index contributed by atoms with van der Waals surface area (Å²) in [6.07, 6.45) is -0.719. The quantitative estimate of drug-likeness (QED) is 0.371. The Morgan fingerprint density at radius 2 is 1.77 bits per heavy atom. The van der Waals surface area contributed by atoms with Crippen LogP contribution in [0.3, 0.4) is 0 Å². The van der Waals surface area contributed by atoms with Crippen molar-refractivity contribution in [1.82, 2.24) is 24.5 Å². The zero-order valence-electron chi connectivity index (χ0n) is 19.5. The molecule has 0 radical (unpaired) electrons. The Morgan fingerprint density at radius 3 is 2.43 bits per heavy atom. The fourth-order valence-electron chi connectivity index (χ4n) is 3.38. The Labute approximate surface area is 200 Å². The molecule has 4 rings (SSSR count). The van der Waals surface area contributed by atoms with Gasteiger partial charge in [-0.2, -0.15) is 28.1 Å². The normalized spacial score (nSPS) is 11.4. The summed E-state index contributed by atoms with van der Waals surface area (Å²) < 4.78 is 53.1. The number of halogens is 3. The Bertz CT molecular complexity index is 1340. The van der Waals surface area contributed by atoms with Gasteiger partial charge >= 0.3 is 12.2 Å². The van der Waals surface area contributed by atoms with Crippen LogP contribution in [-0.2, 0) is 12.6 Å². The second-order valence-electron chi connectivity index (χ2n) is 7.93. The van der Waals surface area contributed by atoms with Crippen molar-refractivity contribution in [3.63, 3.8) is 0 Å². The second-order valence-corrected chi connectivity index (χ2v) is 7.93. The summed E-state index contributed by atoms with van der Waals surface area (Å²) >= 11 is 0. The first-order chi connectivity index (χ1) is 16.6. The first-order valence-corrected chi connectivity index (χ1v) is 10.6. The molecule has 0 aliphatic carbocycles. The van der Waals surface area contributed by atoms with E-state index in [-0.39, 0.29) is 24.1 Å². The van der Waals surface area contributed by atoms with Crippen LogP contribution >= 0.6 is 0 Å². The molecule has 8 nitrogen and oxygen atoms in total. The zero-order chi connectivity index (χ0) is 25.2. The van der Waals surface area contributed by atoms with Crippen LogP contribution in [0.25, 0.3) is 5.69 Å². The molecule has 0 unspecified atom stereocenters. The minimum absolute atomic E-state index is 0.229. The van der Waals surface area contributed by atoms with Crippen molar-refractivity contribution in [1.29, 1.82) is 0 Å². The highest BCUT2D eigenvalue weighted by Gasteiger charge is 2.34. The molecule has 35 heavy (non-hydrogen) atoms. The summed E-state index contributed by atoms with van der Waals surface area (Å²) in [5.74, 6) is 0.823. The standard InChI is InChI=1S/C24H23F3N6O2/c1-15-13-33(14-28-15)18-10-9-16(11-20(18)34-4)12-21-29-22(32(2)3)31-23(30-21)35-19-8-6-5-7-17(19)24(25,26)27/h5-11,13-14H,12H2,1-4H3. The molecule has 0 aliphatic heterocycles. The van der Waals surface area contributed by atoms with E-state index in [1.54, 1.807) is 32.4 Å². The lowest BCUT2D eigenvalue weighted by Gasteiger charge is -2.15. The van der Waals surface area contributed by atoms with Crippen LogP contribution in [0.4, 0.5) is 19.1 Å². The van der Waals surface area contributed by atoms with Gasteiger partial charge in [-0.15, -0.1) is 0 Å². The molecule has 0 fully saturated rings. The summed E-state index contributed by atoms with van der Waals surface area (Å²) in [5, 5.41) is 0. The van der Waals surface area contributed by atoms with Crippen LogP contribution in [0.15, 0.2) is 55.0 Å². The maximum absolute atomic E-state index is 13.4. The van der Waals surface area contributed by atoms with Crippen molar-refractivity contribution in [3.8, 4) is 23.2 Å². The fraction of sp³-hybridized carbons (Fsp3) is 0.250. The van der Waals surface area contributed by atoms with Gasteiger partial charge in [0, 0.05) is 26.7 Å². The third-order valence-electron chi connectivity index (χ3n) is 5.04. The van der Waals surface area contributed by atoms with Gasteiger partial charge in [0.05, 0.1) is 30.4 Å². The topological polar surface area (TPSA) is 78.2 Å². The van der Waals surface area contributed by atoms with Gasteiger partial charge in [0.1, 0.15) is 17.3 Å². The average molecular weight is 484 g/mol. The van der Waals surface area contributed by atoms with Gasteiger partial charge in [-0.1, -0.05) is 18.2 Å². The molecule has 182 valence electrons. The average Bonchev–Trinajstić information content (AvgIpc) is 3.24. The van der Waals surface area contributed by atoms with Crippen molar-refractivity contribution in [2.45, 2.75) is 19.5 Å². The van der Waals surface area contributed by atoms with E-state index in [9.17, 15) is 13.2 Å². The van der Waals surface area contributed by atoms with E-state index in [1.807, 2.05) is 35.9 Å². The Kier molecular flexibility index (Phi) is 6.59. The van der Waals surface area contributed by atoms with Crippen LogP contribution in [-0.4, -0.2) is 45.7 Å². The lowest BCUT2D eigenvalue weighted by atomic mass is 10.1. The molecule has 2 aromatic carbocycles. The van der Waals surface area contributed by atoms with E-state index in [1.165, 1.54) is 18.2 Å². The molecule has 0 atom stereocenters. The SMILES string of the molecule is COc1cc(Cc2nc(Oc3ccccc3C(F)(F)F)nc(N(C)C)n2)ccc1-n1cnc(C)c1. The molecule has 0 spiro atoms. The van der Waals surface area contributed by atoms with Gasteiger partial charge in [-0.05, 0) is 36.8 Å². The van der Waals surface area contributed by atoms with E-state index in [4.69, 9.17) is 9.47 Å². The van der Waals surface area contributed by atoms with Crippen LogP contribution in [0.2, 0.25) is 0 Å².